The molecule has 0 atom stereocenters. The smallest absolute Gasteiger partial charge is 0.114 e. The zero-order valence-corrected chi connectivity index (χ0v) is 8.49. The molecule has 7 heteroatoms. The molecule has 14 heavy (non-hydrogen) atoms. The summed E-state index contributed by atoms with van der Waals surface area (Å²) in [6.07, 6.45) is 0. The van der Waals surface area contributed by atoms with Crippen molar-refractivity contribution in [3.05, 3.63) is 50.7 Å². The van der Waals surface area contributed by atoms with E-state index in [2.05, 4.69) is 19.4 Å². The van der Waals surface area contributed by atoms with E-state index in [-0.39, 0.29) is 0 Å². The van der Waals surface area contributed by atoms with Crippen molar-refractivity contribution >= 4 is 14.3 Å². The van der Waals surface area contributed by atoms with Gasteiger partial charge in [-0.3, -0.25) is 0 Å². The Morgan fingerprint density at radius 3 is 2.21 bits per heavy atom. The Morgan fingerprint density at radius 1 is 1.14 bits per heavy atom. The Labute approximate surface area is 82.2 Å². The van der Waals surface area contributed by atoms with Gasteiger partial charge in [-0.15, -0.1) is 9.56 Å². The summed E-state index contributed by atoms with van der Waals surface area (Å²) < 4.78 is 7.01. The molecule has 0 unspecified atom stereocenters. The minimum Gasteiger partial charge on any atom is -0.114 e. The molecule has 0 aliphatic carbocycles. The minimum absolute atomic E-state index is 0.827. The van der Waals surface area contributed by atoms with Gasteiger partial charge in [0.15, 0.2) is 0 Å². The molecule has 0 amide bonds. The number of hydrogen-bond acceptors (Lipinski definition) is 2. The number of rotatable bonds is 3. The first-order chi connectivity index (χ1) is 6.79. The van der Waals surface area contributed by atoms with Crippen molar-refractivity contribution in [2.45, 2.75) is 6.92 Å². The third kappa shape index (κ3) is 2.27. The average Bonchev–Trinajstić information content (AvgIpc) is 2.18. The molecular weight excluding hydrogens is 196 g/mol. The van der Waals surface area contributed by atoms with Crippen molar-refractivity contribution in [1.82, 2.24) is 0 Å². The van der Waals surface area contributed by atoms with Crippen LogP contribution >= 0.6 is 0 Å². The van der Waals surface area contributed by atoms with Crippen molar-refractivity contribution in [2.75, 3.05) is 0 Å². The van der Waals surface area contributed by atoms with Crippen LogP contribution in [0.5, 0.6) is 0 Å². The Balaban J connectivity index is 3.17. The summed E-state index contributed by atoms with van der Waals surface area (Å²) in [4.78, 5) is 5.36. The lowest BCUT2D eigenvalue weighted by atomic mass is 10.2. The molecule has 0 N–H and O–H groups in total. The molecule has 0 spiro atoms. The van der Waals surface area contributed by atoms with E-state index < -0.39 is 9.12 Å². The summed E-state index contributed by atoms with van der Waals surface area (Å²) >= 11 is 0. The van der Waals surface area contributed by atoms with E-state index in [9.17, 15) is 0 Å². The number of benzene rings is 1. The van der Waals surface area contributed by atoms with E-state index in [1.54, 1.807) is 0 Å². The lowest BCUT2D eigenvalue weighted by molar-refractivity contribution is 1.46. The molecule has 0 fully saturated rings. The summed E-state index contributed by atoms with van der Waals surface area (Å²) in [5.41, 5.74) is 17.6. The van der Waals surface area contributed by atoms with Crippen molar-refractivity contribution in [3.8, 4) is 0 Å². The first kappa shape index (κ1) is 10.1. The van der Waals surface area contributed by atoms with Crippen LogP contribution in [0.25, 0.3) is 20.9 Å². The summed E-state index contributed by atoms with van der Waals surface area (Å²) in [6.45, 7) is 1.89. The van der Waals surface area contributed by atoms with E-state index in [0.717, 1.165) is 10.8 Å². The van der Waals surface area contributed by atoms with Gasteiger partial charge < -0.3 is 0 Å². The van der Waals surface area contributed by atoms with Gasteiger partial charge in [-0.25, -0.2) is 0 Å². The molecule has 0 saturated carbocycles. The molecular formula is C7H7N6Si. The van der Waals surface area contributed by atoms with Gasteiger partial charge in [-0.05, 0) is 33.0 Å². The Morgan fingerprint density at radius 2 is 1.71 bits per heavy atom. The predicted molar refractivity (Wildman–Crippen MR) is 54.9 cm³/mol. The van der Waals surface area contributed by atoms with E-state index in [4.69, 9.17) is 11.1 Å². The Hall–Kier alpha value is -1.94. The third-order valence-electron chi connectivity index (χ3n) is 1.66. The normalized spacial score (nSPS) is 9.00. The second-order valence-electron chi connectivity index (χ2n) is 2.52. The SMILES string of the molecule is Cc1ccccc1[Si](N=[N+]=[N-])N=[N+]=[N-]. The lowest BCUT2D eigenvalue weighted by Crippen LogP contribution is -2.27. The zero-order chi connectivity index (χ0) is 10.4. The van der Waals surface area contributed by atoms with Crippen LogP contribution < -0.4 is 5.19 Å². The monoisotopic (exact) mass is 203 g/mol. The van der Waals surface area contributed by atoms with Crippen LogP contribution in [0, 0.1) is 6.92 Å². The summed E-state index contributed by atoms with van der Waals surface area (Å²) in [5, 5.41) is 0.827. The van der Waals surface area contributed by atoms with Gasteiger partial charge >= 0.3 is 0 Å². The molecule has 69 valence electrons. The first-order valence-electron chi connectivity index (χ1n) is 3.82. The molecule has 0 saturated heterocycles. The van der Waals surface area contributed by atoms with Crippen LogP contribution in [0.4, 0.5) is 0 Å². The number of nitrogens with zero attached hydrogens (tertiary/aromatic N) is 6. The standard InChI is InChI=1S/C7H7N6Si/c1-6-4-2-3-5-7(6)14(12-10-8)13-11-9/h2-5H,1H3. The quantitative estimate of drug-likeness (QED) is 0.312. The van der Waals surface area contributed by atoms with Crippen LogP contribution in [0.2, 0.25) is 0 Å². The second kappa shape index (κ2) is 4.93. The van der Waals surface area contributed by atoms with Gasteiger partial charge in [0.1, 0.15) is 0 Å². The fourth-order valence-electron chi connectivity index (χ4n) is 1.04. The number of hydrogen-bond donors (Lipinski definition) is 0. The van der Waals surface area contributed by atoms with Gasteiger partial charge in [0, 0.05) is 0 Å². The molecule has 0 aliphatic heterocycles. The van der Waals surface area contributed by atoms with Crippen molar-refractivity contribution < 1.29 is 0 Å². The highest BCUT2D eigenvalue weighted by atomic mass is 28.3. The first-order valence-corrected chi connectivity index (χ1v) is 5.22. The highest BCUT2D eigenvalue weighted by molar-refractivity contribution is 6.70. The topological polar surface area (TPSA) is 97.5 Å². The fourth-order valence-corrected chi connectivity index (χ4v) is 2.14. The van der Waals surface area contributed by atoms with Gasteiger partial charge in [0.05, 0.1) is 0 Å². The molecule has 1 rings (SSSR count). The van der Waals surface area contributed by atoms with Crippen molar-refractivity contribution in [2.24, 2.45) is 9.56 Å². The van der Waals surface area contributed by atoms with Gasteiger partial charge in [-0.2, -0.15) is 0 Å². The Bertz CT molecular complexity index is 400. The van der Waals surface area contributed by atoms with Crippen molar-refractivity contribution in [1.29, 1.82) is 0 Å². The summed E-state index contributed by atoms with van der Waals surface area (Å²) in [6, 6.07) is 7.41. The van der Waals surface area contributed by atoms with Gasteiger partial charge in [-0.1, -0.05) is 29.8 Å². The highest BCUT2D eigenvalue weighted by Gasteiger charge is 2.12. The highest BCUT2D eigenvalue weighted by Crippen LogP contribution is 1.99. The summed E-state index contributed by atoms with van der Waals surface area (Å²) in [5.74, 6) is 0. The van der Waals surface area contributed by atoms with Crippen LogP contribution in [-0.4, -0.2) is 9.12 Å². The summed E-state index contributed by atoms with van der Waals surface area (Å²) in [7, 11) is -1.84. The van der Waals surface area contributed by atoms with Crippen LogP contribution in [0.15, 0.2) is 33.8 Å². The van der Waals surface area contributed by atoms with Crippen LogP contribution in [0.3, 0.4) is 0 Å². The molecule has 0 bridgehead atoms. The van der Waals surface area contributed by atoms with Crippen molar-refractivity contribution in [3.63, 3.8) is 0 Å². The largest absolute Gasteiger partial charge is 0.294 e. The van der Waals surface area contributed by atoms with E-state index in [0.29, 0.717) is 0 Å². The molecule has 1 aromatic rings. The lowest BCUT2D eigenvalue weighted by Gasteiger charge is -2.05. The maximum Gasteiger partial charge on any atom is 0.294 e. The second-order valence-corrected chi connectivity index (χ2v) is 4.10. The molecule has 1 aromatic carbocycles. The van der Waals surface area contributed by atoms with Gasteiger partial charge in [0.25, 0.3) is 9.12 Å². The van der Waals surface area contributed by atoms with Gasteiger partial charge in [0.2, 0.25) is 0 Å². The molecule has 0 aromatic heterocycles. The zero-order valence-electron chi connectivity index (χ0n) is 7.49. The molecule has 1 radical (unpaired) electrons. The molecule has 6 nitrogen and oxygen atoms in total. The molecule has 0 heterocycles. The number of azide groups is 1. The van der Waals surface area contributed by atoms with Crippen LogP contribution in [-0.2, 0) is 0 Å². The minimum atomic E-state index is -1.84. The predicted octanol–water partition coefficient (Wildman–Crippen LogP) is 2.31. The maximum atomic E-state index is 8.32. The van der Waals surface area contributed by atoms with E-state index in [1.807, 2.05) is 31.2 Å². The van der Waals surface area contributed by atoms with E-state index >= 15 is 0 Å². The van der Waals surface area contributed by atoms with E-state index in [1.165, 1.54) is 0 Å². The average molecular weight is 203 g/mol. The number of aryl methyl sites for hydroxylation is 1. The maximum absolute atomic E-state index is 8.32. The Kier molecular flexibility index (Phi) is 3.57. The van der Waals surface area contributed by atoms with Crippen LogP contribution in [0.1, 0.15) is 5.56 Å². The molecule has 0 aliphatic rings. The fraction of sp³-hybridized carbons (Fsp3) is 0.143. The third-order valence-corrected chi connectivity index (χ3v) is 3.27.